The third-order valence-electron chi connectivity index (χ3n) is 5.30. The highest BCUT2D eigenvalue weighted by Gasteiger charge is 2.27. The number of hydrogen-bond acceptors (Lipinski definition) is 2. The Morgan fingerprint density at radius 3 is 2.21 bits per heavy atom. The summed E-state index contributed by atoms with van der Waals surface area (Å²) in [6.45, 7) is 1.06. The molecule has 0 radical (unpaired) electrons. The Balaban J connectivity index is 1.45. The Morgan fingerprint density at radius 2 is 1.55 bits per heavy atom. The molecule has 1 aliphatic rings. The summed E-state index contributed by atoms with van der Waals surface area (Å²) in [5.41, 5.74) is 0.655. The number of amides is 3. The minimum Gasteiger partial charge on any atom is -0.322 e. The molecule has 0 spiro atoms. The van der Waals surface area contributed by atoms with Gasteiger partial charge in [-0.1, -0.05) is 12.1 Å². The van der Waals surface area contributed by atoms with Gasteiger partial charge in [-0.3, -0.25) is 9.69 Å². The predicted molar refractivity (Wildman–Crippen MR) is 115 cm³/mol. The smallest absolute Gasteiger partial charge is 0.322 e. The van der Waals surface area contributed by atoms with E-state index >= 15 is 0 Å². The highest BCUT2D eigenvalue weighted by molar-refractivity contribution is 6.04. The molecule has 0 atom stereocenters. The van der Waals surface area contributed by atoms with Crippen LogP contribution in [0.15, 0.2) is 60.7 Å². The number of anilines is 2. The van der Waals surface area contributed by atoms with Crippen LogP contribution >= 0.6 is 0 Å². The van der Waals surface area contributed by atoms with Crippen LogP contribution < -0.4 is 10.2 Å². The first-order valence-electron chi connectivity index (χ1n) is 10.2. The molecule has 0 aliphatic carbocycles. The monoisotopic (exact) mass is 457 g/mol. The van der Waals surface area contributed by atoms with Gasteiger partial charge in [-0.25, -0.2) is 22.4 Å². The first-order chi connectivity index (χ1) is 15.8. The number of carbonyl (C=O) groups excluding carboxylic acids is 2. The lowest BCUT2D eigenvalue weighted by Gasteiger charge is -2.35. The fraction of sp³-hybridized carbons (Fsp3) is 0.167. The van der Waals surface area contributed by atoms with Gasteiger partial charge in [0.25, 0.3) is 5.91 Å². The molecule has 1 aliphatic heterocycles. The lowest BCUT2D eigenvalue weighted by molar-refractivity contribution is 0.101. The summed E-state index contributed by atoms with van der Waals surface area (Å²) in [5.74, 6) is -4.78. The Labute approximate surface area is 187 Å². The summed E-state index contributed by atoms with van der Waals surface area (Å²) in [5, 5.41) is 2.43. The maximum absolute atomic E-state index is 13.8. The molecule has 1 heterocycles. The molecule has 3 amide bonds. The fourth-order valence-electron chi connectivity index (χ4n) is 3.66. The second-order valence-electron chi connectivity index (χ2n) is 7.56. The Morgan fingerprint density at radius 1 is 0.848 bits per heavy atom. The number of hydrogen-bond donors (Lipinski definition) is 1. The fourth-order valence-corrected chi connectivity index (χ4v) is 3.66. The molecule has 3 aromatic rings. The average molecular weight is 457 g/mol. The standard InChI is InChI=1S/C24H19F4N3O2/c25-18-10-5-15(13-21(18)28)14-30-11-2-12-31(24(30)33)17-8-6-16(7-9-17)29-23(32)22-19(26)3-1-4-20(22)27/h1,3-10,13H,2,11-12,14H2,(H,29,32). The largest absolute Gasteiger partial charge is 0.324 e. The van der Waals surface area contributed by atoms with E-state index in [1.54, 1.807) is 12.1 Å². The van der Waals surface area contributed by atoms with Crippen molar-refractivity contribution in [3.8, 4) is 0 Å². The molecule has 3 aromatic carbocycles. The minimum absolute atomic E-state index is 0.134. The van der Waals surface area contributed by atoms with E-state index in [0.29, 0.717) is 36.4 Å². The first kappa shape index (κ1) is 22.3. The molecule has 0 bridgehead atoms. The van der Waals surface area contributed by atoms with Crippen LogP contribution in [0.2, 0.25) is 0 Å². The van der Waals surface area contributed by atoms with Gasteiger partial charge in [0, 0.05) is 31.0 Å². The second kappa shape index (κ2) is 9.32. The molecule has 1 fully saturated rings. The third kappa shape index (κ3) is 4.82. The summed E-state index contributed by atoms with van der Waals surface area (Å²) in [4.78, 5) is 28.2. The number of rotatable bonds is 5. The Bertz CT molecular complexity index is 1180. The zero-order valence-corrected chi connectivity index (χ0v) is 17.3. The van der Waals surface area contributed by atoms with Crippen molar-refractivity contribution in [2.45, 2.75) is 13.0 Å². The Hall–Kier alpha value is -3.88. The minimum atomic E-state index is -0.971. The van der Waals surface area contributed by atoms with Crippen LogP contribution in [-0.2, 0) is 6.54 Å². The van der Waals surface area contributed by atoms with Crippen molar-refractivity contribution in [3.05, 3.63) is 95.1 Å². The summed E-state index contributed by atoms with van der Waals surface area (Å²) in [6.07, 6.45) is 0.667. The van der Waals surface area contributed by atoms with Crippen LogP contribution in [-0.4, -0.2) is 29.9 Å². The molecule has 1 saturated heterocycles. The van der Waals surface area contributed by atoms with E-state index in [1.807, 2.05) is 0 Å². The second-order valence-corrected chi connectivity index (χ2v) is 7.56. The van der Waals surface area contributed by atoms with Gasteiger partial charge in [0.1, 0.15) is 17.2 Å². The van der Waals surface area contributed by atoms with Gasteiger partial charge >= 0.3 is 6.03 Å². The normalized spacial score (nSPS) is 13.9. The van der Waals surface area contributed by atoms with Gasteiger partial charge in [0.2, 0.25) is 0 Å². The molecule has 5 nitrogen and oxygen atoms in total. The van der Waals surface area contributed by atoms with Gasteiger partial charge in [-0.05, 0) is 60.5 Å². The van der Waals surface area contributed by atoms with E-state index in [4.69, 9.17) is 0 Å². The molecule has 9 heteroatoms. The van der Waals surface area contributed by atoms with Crippen LogP contribution in [0.1, 0.15) is 22.3 Å². The molecule has 0 saturated carbocycles. The van der Waals surface area contributed by atoms with Crippen LogP contribution in [0.25, 0.3) is 0 Å². The molecule has 1 N–H and O–H groups in total. The van der Waals surface area contributed by atoms with E-state index in [1.165, 1.54) is 34.1 Å². The van der Waals surface area contributed by atoms with Crippen molar-refractivity contribution >= 4 is 23.3 Å². The van der Waals surface area contributed by atoms with Crippen molar-refractivity contribution in [3.63, 3.8) is 0 Å². The first-order valence-corrected chi connectivity index (χ1v) is 10.2. The van der Waals surface area contributed by atoms with E-state index < -0.39 is 34.7 Å². The van der Waals surface area contributed by atoms with E-state index in [2.05, 4.69) is 5.32 Å². The number of urea groups is 1. The number of nitrogens with one attached hydrogen (secondary N) is 1. The number of halogens is 4. The van der Waals surface area contributed by atoms with Crippen LogP contribution in [0, 0.1) is 23.3 Å². The summed E-state index contributed by atoms with van der Waals surface area (Å²) in [7, 11) is 0. The molecule has 170 valence electrons. The van der Waals surface area contributed by atoms with E-state index in [9.17, 15) is 27.2 Å². The SMILES string of the molecule is O=C(Nc1ccc(N2CCCN(Cc3ccc(F)c(F)c3)C2=O)cc1)c1c(F)cccc1F. The lowest BCUT2D eigenvalue weighted by atomic mass is 10.1. The zero-order chi connectivity index (χ0) is 23.5. The number of benzene rings is 3. The zero-order valence-electron chi connectivity index (χ0n) is 17.3. The van der Waals surface area contributed by atoms with Crippen molar-refractivity contribution in [2.75, 3.05) is 23.3 Å². The summed E-state index contributed by atoms with van der Waals surface area (Å²) >= 11 is 0. The highest BCUT2D eigenvalue weighted by atomic mass is 19.2. The highest BCUT2D eigenvalue weighted by Crippen LogP contribution is 2.24. The van der Waals surface area contributed by atoms with Crippen LogP contribution in [0.4, 0.5) is 33.7 Å². The quantitative estimate of drug-likeness (QED) is 0.527. The van der Waals surface area contributed by atoms with Gasteiger partial charge < -0.3 is 10.2 Å². The molecule has 0 unspecified atom stereocenters. The summed E-state index contributed by atoms with van der Waals surface area (Å²) < 4.78 is 54.2. The summed E-state index contributed by atoms with van der Waals surface area (Å²) in [6, 6.07) is 12.6. The maximum Gasteiger partial charge on any atom is 0.324 e. The van der Waals surface area contributed by atoms with Crippen LogP contribution in [0.3, 0.4) is 0 Å². The Kier molecular flexibility index (Phi) is 6.30. The van der Waals surface area contributed by atoms with Crippen molar-refractivity contribution in [1.29, 1.82) is 0 Å². The topological polar surface area (TPSA) is 52.7 Å². The van der Waals surface area contributed by atoms with E-state index in [-0.39, 0.29) is 12.6 Å². The third-order valence-corrected chi connectivity index (χ3v) is 5.30. The van der Waals surface area contributed by atoms with Crippen LogP contribution in [0.5, 0.6) is 0 Å². The average Bonchev–Trinajstić information content (AvgIpc) is 2.78. The molecule has 33 heavy (non-hydrogen) atoms. The van der Waals surface area contributed by atoms with Gasteiger partial charge in [-0.2, -0.15) is 0 Å². The maximum atomic E-state index is 13.8. The lowest BCUT2D eigenvalue weighted by Crippen LogP contribution is -2.49. The number of nitrogens with zero attached hydrogens (tertiary/aromatic N) is 2. The molecular weight excluding hydrogens is 438 g/mol. The number of carbonyl (C=O) groups is 2. The molecular formula is C24H19F4N3O2. The molecule has 0 aromatic heterocycles. The van der Waals surface area contributed by atoms with Crippen molar-refractivity contribution in [2.24, 2.45) is 0 Å². The van der Waals surface area contributed by atoms with E-state index in [0.717, 1.165) is 24.3 Å². The van der Waals surface area contributed by atoms with Crippen molar-refractivity contribution in [1.82, 2.24) is 4.90 Å². The van der Waals surface area contributed by atoms with Gasteiger partial charge in [0.05, 0.1) is 0 Å². The van der Waals surface area contributed by atoms with Gasteiger partial charge in [-0.15, -0.1) is 0 Å². The van der Waals surface area contributed by atoms with Crippen molar-refractivity contribution < 1.29 is 27.2 Å². The molecule has 4 rings (SSSR count). The predicted octanol–water partition coefficient (Wildman–Crippen LogP) is 5.33. The van der Waals surface area contributed by atoms with Gasteiger partial charge in [0.15, 0.2) is 11.6 Å².